The highest BCUT2D eigenvalue weighted by molar-refractivity contribution is 6.42. The van der Waals surface area contributed by atoms with Gasteiger partial charge in [-0.3, -0.25) is 0 Å². The van der Waals surface area contributed by atoms with E-state index in [0.29, 0.717) is 21.7 Å². The van der Waals surface area contributed by atoms with E-state index in [1.807, 2.05) is 18.2 Å². The van der Waals surface area contributed by atoms with E-state index >= 15 is 0 Å². The third-order valence-corrected chi connectivity index (χ3v) is 5.02. The van der Waals surface area contributed by atoms with Crippen LogP contribution >= 0.6 is 23.2 Å². The lowest BCUT2D eigenvalue weighted by molar-refractivity contribution is 0.262. The lowest BCUT2D eigenvalue weighted by Crippen LogP contribution is -2.21. The maximum Gasteiger partial charge on any atom is 0.323 e. The van der Waals surface area contributed by atoms with Crippen LogP contribution in [0.15, 0.2) is 36.4 Å². The zero-order valence-corrected chi connectivity index (χ0v) is 15.1. The fourth-order valence-electron chi connectivity index (χ4n) is 3.14. The molecule has 26 heavy (non-hydrogen) atoms. The first-order valence-electron chi connectivity index (χ1n) is 8.01. The lowest BCUT2D eigenvalue weighted by atomic mass is 9.91. The van der Waals surface area contributed by atoms with Crippen molar-refractivity contribution < 1.29 is 4.79 Å². The first-order valence-corrected chi connectivity index (χ1v) is 8.76. The molecule has 6 nitrogen and oxygen atoms in total. The number of nitrogens with one attached hydrogen (secondary N) is 3. The van der Waals surface area contributed by atoms with Gasteiger partial charge in [0.2, 0.25) is 0 Å². The normalized spacial score (nSPS) is 12.2. The summed E-state index contributed by atoms with van der Waals surface area (Å²) in [6, 6.07) is 10.3. The number of halogens is 2. The molecule has 1 aromatic heterocycles. The predicted molar refractivity (Wildman–Crippen MR) is 105 cm³/mol. The number of nitrogens with zero attached hydrogens (tertiary/aromatic N) is 1. The highest BCUT2D eigenvalue weighted by Crippen LogP contribution is 2.36. The molecule has 0 saturated heterocycles. The molecule has 0 radical (unpaired) electrons. The largest absolute Gasteiger partial charge is 0.369 e. The number of aryl methyl sites for hydroxylation is 1. The number of hydrogen-bond acceptors (Lipinski definition) is 3. The van der Waals surface area contributed by atoms with Crippen LogP contribution in [-0.2, 0) is 12.8 Å². The molecule has 8 heteroatoms. The molecule has 2 amide bonds. The van der Waals surface area contributed by atoms with Gasteiger partial charge < -0.3 is 21.4 Å². The summed E-state index contributed by atoms with van der Waals surface area (Å²) in [5, 5.41) is 6.47. The number of urea groups is 1. The van der Waals surface area contributed by atoms with Gasteiger partial charge in [0.25, 0.3) is 0 Å². The molecular weight excluding hydrogens is 373 g/mol. The predicted octanol–water partition coefficient (Wildman–Crippen LogP) is 4.71. The fraction of sp³-hybridized carbons (Fsp3) is 0.111. The molecule has 0 aliphatic heterocycles. The Morgan fingerprint density at radius 2 is 1.96 bits per heavy atom. The number of aromatic nitrogens is 2. The van der Waals surface area contributed by atoms with Crippen LogP contribution in [0.25, 0.3) is 11.3 Å². The van der Waals surface area contributed by atoms with Gasteiger partial charge in [-0.25, -0.2) is 9.78 Å². The van der Waals surface area contributed by atoms with Gasteiger partial charge >= 0.3 is 6.03 Å². The van der Waals surface area contributed by atoms with Crippen molar-refractivity contribution in [1.82, 2.24) is 9.97 Å². The number of imidazole rings is 1. The van der Waals surface area contributed by atoms with Crippen molar-refractivity contribution in [3.05, 3.63) is 57.7 Å². The van der Waals surface area contributed by atoms with Crippen LogP contribution in [0.5, 0.6) is 0 Å². The molecule has 0 saturated carbocycles. The molecule has 1 heterocycles. The number of amides is 2. The number of nitrogen functional groups attached to an aromatic ring is 1. The fourth-order valence-corrected chi connectivity index (χ4v) is 3.44. The number of nitrogens with two attached hydrogens (primary N) is 1. The van der Waals surface area contributed by atoms with E-state index in [4.69, 9.17) is 28.9 Å². The number of fused-ring (bicyclic) bond motifs is 3. The van der Waals surface area contributed by atoms with Gasteiger partial charge in [0, 0.05) is 16.9 Å². The van der Waals surface area contributed by atoms with Crippen LogP contribution in [0.4, 0.5) is 22.1 Å². The third kappa shape index (κ3) is 3.09. The van der Waals surface area contributed by atoms with Crippen molar-refractivity contribution in [2.24, 2.45) is 0 Å². The second-order valence-electron chi connectivity index (χ2n) is 5.98. The van der Waals surface area contributed by atoms with Gasteiger partial charge in [0.1, 0.15) is 0 Å². The molecular formula is C18H15Cl2N5O. The molecule has 0 fully saturated rings. The number of hydrogen-bond donors (Lipinski definition) is 4. The number of H-pyrrole nitrogens is 1. The zero-order valence-electron chi connectivity index (χ0n) is 13.6. The van der Waals surface area contributed by atoms with Crippen LogP contribution in [0.1, 0.15) is 11.3 Å². The Bertz CT molecular complexity index is 1010. The van der Waals surface area contributed by atoms with E-state index in [9.17, 15) is 4.79 Å². The molecule has 1 aliphatic rings. The van der Waals surface area contributed by atoms with Crippen molar-refractivity contribution in [3.8, 4) is 11.3 Å². The molecule has 5 N–H and O–H groups in total. The van der Waals surface area contributed by atoms with E-state index in [2.05, 4.69) is 20.6 Å². The molecule has 2 aromatic carbocycles. The van der Waals surface area contributed by atoms with Crippen molar-refractivity contribution in [2.45, 2.75) is 12.8 Å². The molecule has 0 spiro atoms. The average Bonchev–Trinajstić information content (AvgIpc) is 2.99. The molecule has 0 atom stereocenters. The highest BCUT2D eigenvalue weighted by atomic mass is 35.5. The topological polar surface area (TPSA) is 95.8 Å². The van der Waals surface area contributed by atoms with Crippen LogP contribution in [0.2, 0.25) is 10.0 Å². The number of benzene rings is 2. The van der Waals surface area contributed by atoms with E-state index < -0.39 is 0 Å². The van der Waals surface area contributed by atoms with Crippen molar-refractivity contribution in [2.75, 3.05) is 16.4 Å². The van der Waals surface area contributed by atoms with Gasteiger partial charge in [0.15, 0.2) is 5.95 Å². The molecule has 4 rings (SSSR count). The van der Waals surface area contributed by atoms with Crippen molar-refractivity contribution >= 4 is 46.6 Å². The van der Waals surface area contributed by atoms with E-state index in [-0.39, 0.29) is 6.03 Å². The summed E-state index contributed by atoms with van der Waals surface area (Å²) < 4.78 is 0. The van der Waals surface area contributed by atoms with E-state index in [1.54, 1.807) is 18.2 Å². The Kier molecular flexibility index (Phi) is 4.22. The first-order chi connectivity index (χ1) is 12.5. The molecule has 132 valence electrons. The monoisotopic (exact) mass is 387 g/mol. The SMILES string of the molecule is Nc1nc2c([nH]1)-c1cccc(NC(=O)Nc3ccc(Cl)c(Cl)c3)c1CC2. The number of carbonyl (C=O) groups excluding carboxylic acids is 1. The summed E-state index contributed by atoms with van der Waals surface area (Å²) in [7, 11) is 0. The quantitative estimate of drug-likeness (QED) is 0.512. The minimum atomic E-state index is -0.355. The van der Waals surface area contributed by atoms with Gasteiger partial charge in [-0.1, -0.05) is 35.3 Å². The van der Waals surface area contributed by atoms with Crippen LogP contribution in [0.3, 0.4) is 0 Å². The first kappa shape index (κ1) is 16.8. The van der Waals surface area contributed by atoms with Gasteiger partial charge in [0.05, 0.1) is 21.4 Å². The number of carbonyl (C=O) groups is 1. The second-order valence-corrected chi connectivity index (χ2v) is 6.80. The standard InChI is InChI=1S/C18H15Cl2N5O/c19-12-6-4-9(8-13(12)20)22-18(26)24-14-3-1-2-11-10(14)5-7-15-16(11)25-17(21)23-15/h1-4,6,8H,5,7H2,(H3,21,23,25)(H2,22,24,26). The zero-order chi connectivity index (χ0) is 18.3. The van der Waals surface area contributed by atoms with Gasteiger partial charge in [-0.2, -0.15) is 0 Å². The molecule has 1 aliphatic carbocycles. The molecule has 0 bridgehead atoms. The van der Waals surface area contributed by atoms with Crippen LogP contribution in [0, 0.1) is 0 Å². The van der Waals surface area contributed by atoms with Gasteiger partial charge in [-0.15, -0.1) is 0 Å². The number of anilines is 3. The van der Waals surface area contributed by atoms with Crippen molar-refractivity contribution in [3.63, 3.8) is 0 Å². The summed E-state index contributed by atoms with van der Waals surface area (Å²) in [5.74, 6) is 0.401. The van der Waals surface area contributed by atoms with Crippen LogP contribution in [-0.4, -0.2) is 16.0 Å². The van der Waals surface area contributed by atoms with Crippen molar-refractivity contribution in [1.29, 1.82) is 0 Å². The Balaban J connectivity index is 1.58. The minimum absolute atomic E-state index is 0.355. The third-order valence-electron chi connectivity index (χ3n) is 4.28. The maximum atomic E-state index is 12.4. The van der Waals surface area contributed by atoms with E-state index in [0.717, 1.165) is 41.0 Å². The Morgan fingerprint density at radius 1 is 1.12 bits per heavy atom. The summed E-state index contributed by atoms with van der Waals surface area (Å²) in [6.45, 7) is 0. The summed E-state index contributed by atoms with van der Waals surface area (Å²) in [6.07, 6.45) is 1.54. The van der Waals surface area contributed by atoms with Crippen LogP contribution < -0.4 is 16.4 Å². The lowest BCUT2D eigenvalue weighted by Gasteiger charge is -2.19. The van der Waals surface area contributed by atoms with Gasteiger partial charge in [-0.05, 0) is 42.7 Å². The molecule has 0 unspecified atom stereocenters. The average molecular weight is 388 g/mol. The van der Waals surface area contributed by atoms with E-state index in [1.165, 1.54) is 0 Å². The summed E-state index contributed by atoms with van der Waals surface area (Å²) in [4.78, 5) is 19.8. The smallest absolute Gasteiger partial charge is 0.323 e. The number of aromatic amines is 1. The Morgan fingerprint density at radius 3 is 2.77 bits per heavy atom. The number of rotatable bonds is 2. The summed E-state index contributed by atoms with van der Waals surface area (Å²) in [5.41, 5.74) is 11.0. The Hall–Kier alpha value is -2.70. The highest BCUT2D eigenvalue weighted by Gasteiger charge is 2.22. The molecule has 3 aromatic rings. The second kappa shape index (κ2) is 6.55. The Labute approximate surface area is 159 Å². The maximum absolute atomic E-state index is 12.4. The summed E-state index contributed by atoms with van der Waals surface area (Å²) >= 11 is 11.9. The minimum Gasteiger partial charge on any atom is -0.369 e.